The molecule has 72 valence electrons. The predicted octanol–water partition coefficient (Wildman–Crippen LogP) is 2.22. The topological polar surface area (TPSA) is 43.8 Å². The van der Waals surface area contributed by atoms with Crippen LogP contribution in [0.4, 0.5) is 5.95 Å². The van der Waals surface area contributed by atoms with Crippen LogP contribution in [-0.2, 0) is 0 Å². The SMILES string of the molecule is CC1CCCC(n2ccnc2N)C1. The quantitative estimate of drug-likeness (QED) is 0.718. The summed E-state index contributed by atoms with van der Waals surface area (Å²) in [5.41, 5.74) is 5.77. The smallest absolute Gasteiger partial charge is 0.200 e. The summed E-state index contributed by atoms with van der Waals surface area (Å²) < 4.78 is 2.12. The number of nitrogens with zero attached hydrogens (tertiary/aromatic N) is 2. The van der Waals surface area contributed by atoms with Crippen LogP contribution in [0, 0.1) is 5.92 Å². The zero-order chi connectivity index (χ0) is 9.26. The average molecular weight is 179 g/mol. The minimum Gasteiger partial charge on any atom is -0.369 e. The highest BCUT2D eigenvalue weighted by molar-refractivity contribution is 5.18. The molecule has 0 radical (unpaired) electrons. The van der Waals surface area contributed by atoms with Crippen molar-refractivity contribution in [3.05, 3.63) is 12.4 Å². The zero-order valence-electron chi connectivity index (χ0n) is 8.11. The number of aromatic nitrogens is 2. The van der Waals surface area contributed by atoms with Gasteiger partial charge in [-0.3, -0.25) is 0 Å². The second-order valence-electron chi connectivity index (χ2n) is 4.12. The van der Waals surface area contributed by atoms with Gasteiger partial charge in [-0.25, -0.2) is 4.98 Å². The zero-order valence-corrected chi connectivity index (χ0v) is 8.11. The number of rotatable bonds is 1. The molecule has 1 aliphatic rings. The van der Waals surface area contributed by atoms with E-state index in [9.17, 15) is 0 Å². The Morgan fingerprint density at radius 3 is 3.00 bits per heavy atom. The highest BCUT2D eigenvalue weighted by Gasteiger charge is 2.20. The van der Waals surface area contributed by atoms with Gasteiger partial charge in [0.05, 0.1) is 0 Å². The fraction of sp³-hybridized carbons (Fsp3) is 0.700. The van der Waals surface area contributed by atoms with E-state index < -0.39 is 0 Å². The number of imidazole rings is 1. The van der Waals surface area contributed by atoms with E-state index in [4.69, 9.17) is 5.73 Å². The monoisotopic (exact) mass is 179 g/mol. The first-order chi connectivity index (χ1) is 6.27. The van der Waals surface area contributed by atoms with E-state index in [2.05, 4.69) is 16.5 Å². The van der Waals surface area contributed by atoms with E-state index in [1.807, 2.05) is 6.20 Å². The Balaban J connectivity index is 2.12. The Morgan fingerprint density at radius 2 is 2.38 bits per heavy atom. The summed E-state index contributed by atoms with van der Waals surface area (Å²) in [7, 11) is 0. The van der Waals surface area contributed by atoms with Gasteiger partial charge in [-0.15, -0.1) is 0 Å². The van der Waals surface area contributed by atoms with Gasteiger partial charge in [-0.1, -0.05) is 19.8 Å². The van der Waals surface area contributed by atoms with Crippen molar-refractivity contribution in [3.63, 3.8) is 0 Å². The van der Waals surface area contributed by atoms with Gasteiger partial charge in [0.15, 0.2) is 5.95 Å². The van der Waals surface area contributed by atoms with Crippen LogP contribution in [-0.4, -0.2) is 9.55 Å². The van der Waals surface area contributed by atoms with E-state index in [-0.39, 0.29) is 0 Å². The molecule has 3 heteroatoms. The van der Waals surface area contributed by atoms with Crippen molar-refractivity contribution >= 4 is 5.95 Å². The molecule has 0 spiro atoms. The van der Waals surface area contributed by atoms with Crippen LogP contribution in [0.15, 0.2) is 12.4 Å². The van der Waals surface area contributed by atoms with E-state index in [1.54, 1.807) is 6.20 Å². The van der Waals surface area contributed by atoms with Gasteiger partial charge in [-0.05, 0) is 18.8 Å². The molecule has 1 aromatic rings. The van der Waals surface area contributed by atoms with Crippen molar-refractivity contribution in [2.45, 2.75) is 38.6 Å². The molecule has 2 unspecified atom stereocenters. The second-order valence-corrected chi connectivity index (χ2v) is 4.12. The minimum absolute atomic E-state index is 0.589. The van der Waals surface area contributed by atoms with Crippen molar-refractivity contribution in [3.8, 4) is 0 Å². The molecule has 0 saturated heterocycles. The highest BCUT2D eigenvalue weighted by atomic mass is 15.2. The lowest BCUT2D eigenvalue weighted by molar-refractivity contribution is 0.284. The van der Waals surface area contributed by atoms with Crippen LogP contribution in [0.5, 0.6) is 0 Å². The lowest BCUT2D eigenvalue weighted by atomic mass is 9.87. The van der Waals surface area contributed by atoms with Crippen molar-refractivity contribution in [2.24, 2.45) is 5.92 Å². The largest absolute Gasteiger partial charge is 0.369 e. The normalized spacial score (nSPS) is 29.0. The molecule has 2 atom stereocenters. The molecule has 2 rings (SSSR count). The summed E-state index contributed by atoms with van der Waals surface area (Å²) >= 11 is 0. The standard InChI is InChI=1S/C10H17N3/c1-8-3-2-4-9(7-8)13-6-5-12-10(13)11/h5-6,8-9H,2-4,7H2,1H3,(H2,11,12). The third kappa shape index (κ3) is 1.69. The molecule has 2 N–H and O–H groups in total. The van der Waals surface area contributed by atoms with Crippen molar-refractivity contribution in [1.82, 2.24) is 9.55 Å². The average Bonchev–Trinajstić information content (AvgIpc) is 2.51. The van der Waals surface area contributed by atoms with E-state index in [0.29, 0.717) is 12.0 Å². The first kappa shape index (κ1) is 8.60. The third-order valence-corrected chi connectivity index (χ3v) is 3.00. The Hall–Kier alpha value is -0.990. The van der Waals surface area contributed by atoms with Gasteiger partial charge >= 0.3 is 0 Å². The number of anilines is 1. The van der Waals surface area contributed by atoms with Crippen LogP contribution < -0.4 is 5.73 Å². The maximum atomic E-state index is 5.77. The van der Waals surface area contributed by atoms with E-state index in [1.165, 1.54) is 25.7 Å². The number of nitrogen functional groups attached to an aromatic ring is 1. The summed E-state index contributed by atoms with van der Waals surface area (Å²) in [5.74, 6) is 1.50. The van der Waals surface area contributed by atoms with Crippen molar-refractivity contribution in [1.29, 1.82) is 0 Å². The van der Waals surface area contributed by atoms with Crippen LogP contribution in [0.2, 0.25) is 0 Å². The van der Waals surface area contributed by atoms with Gasteiger partial charge < -0.3 is 10.3 Å². The number of hydrogen-bond acceptors (Lipinski definition) is 2. The molecule has 0 aromatic carbocycles. The molecule has 1 saturated carbocycles. The lowest BCUT2D eigenvalue weighted by Crippen LogP contribution is -2.18. The van der Waals surface area contributed by atoms with Gasteiger partial charge in [0.2, 0.25) is 0 Å². The molecule has 3 nitrogen and oxygen atoms in total. The Bertz CT molecular complexity index is 279. The fourth-order valence-corrected chi connectivity index (χ4v) is 2.29. The van der Waals surface area contributed by atoms with Crippen molar-refractivity contribution < 1.29 is 0 Å². The Morgan fingerprint density at radius 1 is 1.54 bits per heavy atom. The first-order valence-electron chi connectivity index (χ1n) is 5.05. The maximum absolute atomic E-state index is 5.77. The summed E-state index contributed by atoms with van der Waals surface area (Å²) in [6.45, 7) is 2.32. The van der Waals surface area contributed by atoms with Crippen LogP contribution in [0.25, 0.3) is 0 Å². The molecule has 0 bridgehead atoms. The molecule has 0 amide bonds. The van der Waals surface area contributed by atoms with Gasteiger partial charge in [-0.2, -0.15) is 0 Å². The fourth-order valence-electron chi connectivity index (χ4n) is 2.29. The summed E-state index contributed by atoms with van der Waals surface area (Å²) in [6.07, 6.45) is 8.98. The van der Waals surface area contributed by atoms with Crippen molar-refractivity contribution in [2.75, 3.05) is 5.73 Å². The van der Waals surface area contributed by atoms with E-state index in [0.717, 1.165) is 5.92 Å². The van der Waals surface area contributed by atoms with Crippen LogP contribution in [0.1, 0.15) is 38.6 Å². The van der Waals surface area contributed by atoms with Crippen LogP contribution in [0.3, 0.4) is 0 Å². The number of nitrogens with two attached hydrogens (primary N) is 1. The third-order valence-electron chi connectivity index (χ3n) is 3.00. The van der Waals surface area contributed by atoms with Crippen LogP contribution >= 0.6 is 0 Å². The summed E-state index contributed by atoms with van der Waals surface area (Å²) in [4.78, 5) is 4.06. The second kappa shape index (κ2) is 3.40. The molecule has 13 heavy (non-hydrogen) atoms. The summed E-state index contributed by atoms with van der Waals surface area (Å²) in [5, 5.41) is 0. The Kier molecular flexibility index (Phi) is 2.25. The Labute approximate surface area is 79.0 Å². The van der Waals surface area contributed by atoms with Gasteiger partial charge in [0.1, 0.15) is 0 Å². The van der Waals surface area contributed by atoms with E-state index >= 15 is 0 Å². The predicted molar refractivity (Wildman–Crippen MR) is 53.3 cm³/mol. The summed E-state index contributed by atoms with van der Waals surface area (Å²) in [6, 6.07) is 0.589. The lowest BCUT2D eigenvalue weighted by Gasteiger charge is -2.28. The van der Waals surface area contributed by atoms with Gasteiger partial charge in [0.25, 0.3) is 0 Å². The molecule has 0 aliphatic heterocycles. The first-order valence-corrected chi connectivity index (χ1v) is 5.05. The number of hydrogen-bond donors (Lipinski definition) is 1. The molecule has 1 fully saturated rings. The maximum Gasteiger partial charge on any atom is 0.200 e. The minimum atomic E-state index is 0.589. The highest BCUT2D eigenvalue weighted by Crippen LogP contribution is 2.32. The van der Waals surface area contributed by atoms with Gasteiger partial charge in [0, 0.05) is 18.4 Å². The molecular formula is C10H17N3. The molecular weight excluding hydrogens is 162 g/mol. The molecule has 1 aromatic heterocycles. The molecule has 1 aliphatic carbocycles. The molecule has 1 heterocycles.